The van der Waals surface area contributed by atoms with Crippen LogP contribution in [-0.4, -0.2) is 5.11 Å². The van der Waals surface area contributed by atoms with E-state index in [1.807, 2.05) is 36.4 Å². The van der Waals surface area contributed by atoms with E-state index in [0.717, 1.165) is 11.1 Å². The van der Waals surface area contributed by atoms with E-state index < -0.39 is 5.60 Å². The molecule has 1 unspecified atom stereocenters. The van der Waals surface area contributed by atoms with Crippen LogP contribution in [0, 0.1) is 11.3 Å². The van der Waals surface area contributed by atoms with Gasteiger partial charge in [0.1, 0.15) is 5.60 Å². The lowest BCUT2D eigenvalue weighted by molar-refractivity contribution is 0.102. The van der Waals surface area contributed by atoms with Crippen LogP contribution in [0.15, 0.2) is 54.6 Å². The van der Waals surface area contributed by atoms with Gasteiger partial charge in [-0.15, -0.1) is 0 Å². The maximum atomic E-state index is 10.6. The van der Waals surface area contributed by atoms with Gasteiger partial charge >= 0.3 is 0 Å². The lowest BCUT2D eigenvalue weighted by Gasteiger charge is -2.24. The van der Waals surface area contributed by atoms with Gasteiger partial charge in [-0.3, -0.25) is 0 Å². The van der Waals surface area contributed by atoms with Gasteiger partial charge in [-0.25, -0.2) is 0 Å². The van der Waals surface area contributed by atoms with Gasteiger partial charge in [0.2, 0.25) is 0 Å². The Morgan fingerprint density at radius 2 is 1.65 bits per heavy atom. The molecule has 0 fully saturated rings. The number of nitrogens with zero attached hydrogens (tertiary/aromatic N) is 1. The van der Waals surface area contributed by atoms with E-state index in [4.69, 9.17) is 5.26 Å². The van der Waals surface area contributed by atoms with E-state index in [1.54, 1.807) is 25.1 Å². The third kappa shape index (κ3) is 2.20. The van der Waals surface area contributed by atoms with Crippen LogP contribution in [0.25, 0.3) is 0 Å². The molecular formula is C15H13NO. The molecule has 0 aliphatic rings. The Balaban J connectivity index is 2.48. The molecule has 84 valence electrons. The molecule has 17 heavy (non-hydrogen) atoms. The molecule has 0 amide bonds. The number of benzene rings is 2. The normalized spacial score (nSPS) is 13.7. The van der Waals surface area contributed by atoms with Crippen molar-refractivity contribution in [3.8, 4) is 6.07 Å². The Bertz CT molecular complexity index is 553. The molecule has 0 spiro atoms. The van der Waals surface area contributed by atoms with Crippen molar-refractivity contribution in [1.29, 1.82) is 5.26 Å². The van der Waals surface area contributed by atoms with E-state index in [2.05, 4.69) is 6.07 Å². The second-order valence-corrected chi connectivity index (χ2v) is 4.13. The Morgan fingerprint density at radius 3 is 2.29 bits per heavy atom. The van der Waals surface area contributed by atoms with Gasteiger partial charge in [-0.05, 0) is 30.2 Å². The summed E-state index contributed by atoms with van der Waals surface area (Å²) in [5.74, 6) is 0. The van der Waals surface area contributed by atoms with Crippen LogP contribution in [0.5, 0.6) is 0 Å². The molecule has 2 rings (SSSR count). The van der Waals surface area contributed by atoms with E-state index in [9.17, 15) is 5.11 Å². The molecule has 1 N–H and O–H groups in total. The topological polar surface area (TPSA) is 44.0 Å². The summed E-state index contributed by atoms with van der Waals surface area (Å²) in [7, 11) is 0. The number of nitriles is 1. The summed E-state index contributed by atoms with van der Waals surface area (Å²) in [6.07, 6.45) is 0. The minimum atomic E-state index is -1.08. The maximum Gasteiger partial charge on any atom is 0.112 e. The molecule has 1 atom stereocenters. The molecule has 0 aliphatic carbocycles. The van der Waals surface area contributed by atoms with Gasteiger partial charge in [0.15, 0.2) is 0 Å². The van der Waals surface area contributed by atoms with Gasteiger partial charge in [0, 0.05) is 0 Å². The number of rotatable bonds is 2. The van der Waals surface area contributed by atoms with Gasteiger partial charge in [-0.1, -0.05) is 42.5 Å². The van der Waals surface area contributed by atoms with E-state index >= 15 is 0 Å². The van der Waals surface area contributed by atoms with E-state index in [1.165, 1.54) is 0 Å². The predicted molar refractivity (Wildman–Crippen MR) is 66.3 cm³/mol. The van der Waals surface area contributed by atoms with Crippen LogP contribution in [0.3, 0.4) is 0 Å². The zero-order chi connectivity index (χ0) is 12.3. The molecule has 2 heteroatoms. The first-order valence-electron chi connectivity index (χ1n) is 5.43. The van der Waals surface area contributed by atoms with Crippen LogP contribution in [0.1, 0.15) is 23.6 Å². The summed E-state index contributed by atoms with van der Waals surface area (Å²) < 4.78 is 0. The number of hydrogen-bond acceptors (Lipinski definition) is 2. The molecule has 0 heterocycles. The van der Waals surface area contributed by atoms with Crippen molar-refractivity contribution in [1.82, 2.24) is 0 Å². The van der Waals surface area contributed by atoms with Gasteiger partial charge in [-0.2, -0.15) is 5.26 Å². The second-order valence-electron chi connectivity index (χ2n) is 4.13. The largest absolute Gasteiger partial charge is 0.381 e. The summed E-state index contributed by atoms with van der Waals surface area (Å²) >= 11 is 0. The minimum absolute atomic E-state index is 0.554. The van der Waals surface area contributed by atoms with Crippen molar-refractivity contribution in [2.75, 3.05) is 0 Å². The maximum absolute atomic E-state index is 10.6. The average Bonchev–Trinajstić information content (AvgIpc) is 2.40. The summed E-state index contributed by atoms with van der Waals surface area (Å²) in [6, 6.07) is 18.6. The third-order valence-electron chi connectivity index (χ3n) is 2.89. The SMILES string of the molecule is CC(O)(c1ccccc1)c1cccc(C#N)c1. The van der Waals surface area contributed by atoms with E-state index in [0.29, 0.717) is 5.56 Å². The van der Waals surface area contributed by atoms with Crippen molar-refractivity contribution in [3.05, 3.63) is 71.3 Å². The molecule has 2 aromatic carbocycles. The fourth-order valence-corrected chi connectivity index (χ4v) is 1.82. The van der Waals surface area contributed by atoms with Crippen molar-refractivity contribution in [2.45, 2.75) is 12.5 Å². The molecule has 2 aromatic rings. The van der Waals surface area contributed by atoms with Crippen molar-refractivity contribution < 1.29 is 5.11 Å². The van der Waals surface area contributed by atoms with Crippen LogP contribution >= 0.6 is 0 Å². The van der Waals surface area contributed by atoms with Crippen LogP contribution in [0.2, 0.25) is 0 Å². The Morgan fingerprint density at radius 1 is 1.00 bits per heavy atom. The lowest BCUT2D eigenvalue weighted by Crippen LogP contribution is -2.22. The smallest absolute Gasteiger partial charge is 0.112 e. The predicted octanol–water partition coefficient (Wildman–Crippen LogP) is 2.81. The van der Waals surface area contributed by atoms with Gasteiger partial charge < -0.3 is 5.11 Å². The molecule has 0 bridgehead atoms. The molecule has 2 nitrogen and oxygen atoms in total. The quantitative estimate of drug-likeness (QED) is 0.850. The standard InChI is InChI=1S/C15H13NO/c1-15(17,13-7-3-2-4-8-13)14-9-5-6-12(10-14)11-16/h2-10,17H,1H3. The average molecular weight is 223 g/mol. The Kier molecular flexibility index (Phi) is 2.95. The molecule has 0 aromatic heterocycles. The number of aliphatic hydroxyl groups is 1. The first-order chi connectivity index (χ1) is 8.14. The highest BCUT2D eigenvalue weighted by atomic mass is 16.3. The highest BCUT2D eigenvalue weighted by Crippen LogP contribution is 2.29. The van der Waals surface area contributed by atoms with Gasteiger partial charge in [0.25, 0.3) is 0 Å². The monoisotopic (exact) mass is 223 g/mol. The lowest BCUT2D eigenvalue weighted by atomic mass is 9.87. The Hall–Kier alpha value is -2.11. The van der Waals surface area contributed by atoms with Crippen LogP contribution in [0.4, 0.5) is 0 Å². The summed E-state index contributed by atoms with van der Waals surface area (Å²) in [6.45, 7) is 1.73. The minimum Gasteiger partial charge on any atom is -0.381 e. The number of hydrogen-bond donors (Lipinski definition) is 1. The van der Waals surface area contributed by atoms with Gasteiger partial charge in [0.05, 0.1) is 11.6 Å². The first kappa shape index (κ1) is 11.4. The molecule has 0 aliphatic heterocycles. The molecule has 0 radical (unpaired) electrons. The van der Waals surface area contributed by atoms with Crippen molar-refractivity contribution in [2.24, 2.45) is 0 Å². The summed E-state index contributed by atoms with van der Waals surface area (Å²) in [5, 5.41) is 19.4. The van der Waals surface area contributed by atoms with Crippen molar-refractivity contribution in [3.63, 3.8) is 0 Å². The van der Waals surface area contributed by atoms with Crippen molar-refractivity contribution >= 4 is 0 Å². The van der Waals surface area contributed by atoms with E-state index in [-0.39, 0.29) is 0 Å². The second kappa shape index (κ2) is 4.40. The fraction of sp³-hybridized carbons (Fsp3) is 0.133. The Labute approximate surface area is 101 Å². The highest BCUT2D eigenvalue weighted by Gasteiger charge is 2.25. The summed E-state index contributed by atoms with van der Waals surface area (Å²) in [4.78, 5) is 0. The summed E-state index contributed by atoms with van der Waals surface area (Å²) in [5.41, 5.74) is 1.02. The highest BCUT2D eigenvalue weighted by molar-refractivity contribution is 5.40. The fourth-order valence-electron chi connectivity index (χ4n) is 1.82. The molecule has 0 saturated carbocycles. The third-order valence-corrected chi connectivity index (χ3v) is 2.89. The van der Waals surface area contributed by atoms with Crippen LogP contribution in [-0.2, 0) is 5.60 Å². The zero-order valence-electron chi connectivity index (χ0n) is 9.59. The van der Waals surface area contributed by atoms with Crippen LogP contribution < -0.4 is 0 Å². The zero-order valence-corrected chi connectivity index (χ0v) is 9.59. The molecule has 0 saturated heterocycles. The first-order valence-corrected chi connectivity index (χ1v) is 5.43. The molecular weight excluding hydrogens is 210 g/mol.